The number of phosphoric ester groups is 1. The SMILES string of the molecule is CCCCC/C=C\C/C=C\C/C=C\C/C=C\CCCC(=O)O[C@H](COC(=O)CCC/C=C\C/C=C\C/C=C\C/C=C\CC(O)CCC)COP(=O)(O)OC[C@@H](O)CO. The monoisotopic (exact) mass is 835 g/mol. The number of phosphoric acid groups is 1. The van der Waals surface area contributed by atoms with Crippen molar-refractivity contribution in [2.45, 2.75) is 154 Å². The van der Waals surface area contributed by atoms with Crippen molar-refractivity contribution >= 4 is 19.8 Å². The molecule has 0 saturated heterocycles. The number of ether oxygens (including phenoxy) is 2. The Hall–Kier alpha value is -3.15. The largest absolute Gasteiger partial charge is 0.472 e. The second kappa shape index (κ2) is 40.6. The van der Waals surface area contributed by atoms with E-state index >= 15 is 0 Å². The average Bonchev–Trinajstić information content (AvgIpc) is 3.20. The molecule has 2 unspecified atom stereocenters. The molecule has 0 aromatic carbocycles. The van der Waals surface area contributed by atoms with Crippen LogP contribution in [0.2, 0.25) is 0 Å². The van der Waals surface area contributed by atoms with Gasteiger partial charge in [0.25, 0.3) is 0 Å². The number of unbranched alkanes of at least 4 members (excludes halogenated alkanes) is 5. The van der Waals surface area contributed by atoms with Crippen LogP contribution in [0.4, 0.5) is 0 Å². The van der Waals surface area contributed by atoms with Gasteiger partial charge in [-0.15, -0.1) is 0 Å². The smallest absolute Gasteiger partial charge is 0.462 e. The van der Waals surface area contributed by atoms with Crippen LogP contribution in [0.5, 0.6) is 0 Å². The molecule has 0 rings (SSSR count). The number of hydrogen-bond acceptors (Lipinski definition) is 10. The third-order valence-corrected chi connectivity index (χ3v) is 9.22. The number of aliphatic hydroxyl groups excluding tert-OH is 3. The van der Waals surface area contributed by atoms with Crippen LogP contribution in [0.1, 0.15) is 136 Å². The molecule has 4 N–H and O–H groups in total. The molecular weight excluding hydrogens is 759 g/mol. The van der Waals surface area contributed by atoms with Crippen LogP contribution in [-0.4, -0.2) is 76.9 Å². The van der Waals surface area contributed by atoms with Gasteiger partial charge in [0.05, 0.1) is 25.9 Å². The fourth-order valence-electron chi connectivity index (χ4n) is 4.99. The van der Waals surface area contributed by atoms with Crippen LogP contribution < -0.4 is 0 Å². The van der Waals surface area contributed by atoms with Gasteiger partial charge in [0, 0.05) is 12.8 Å². The first-order valence-electron chi connectivity index (χ1n) is 21.3. The summed E-state index contributed by atoms with van der Waals surface area (Å²) in [6.45, 7) is 1.99. The third-order valence-electron chi connectivity index (χ3n) is 8.27. The summed E-state index contributed by atoms with van der Waals surface area (Å²) < 4.78 is 32.5. The predicted octanol–water partition coefficient (Wildman–Crippen LogP) is 10.2. The van der Waals surface area contributed by atoms with E-state index in [-0.39, 0.29) is 25.6 Å². The van der Waals surface area contributed by atoms with Gasteiger partial charge >= 0.3 is 19.8 Å². The van der Waals surface area contributed by atoms with E-state index in [4.69, 9.17) is 19.1 Å². The number of allylic oxidation sites excluding steroid dienone is 15. The highest BCUT2D eigenvalue weighted by Gasteiger charge is 2.27. The lowest BCUT2D eigenvalue weighted by Gasteiger charge is -2.20. The van der Waals surface area contributed by atoms with Crippen molar-refractivity contribution in [3.05, 3.63) is 97.2 Å². The molecule has 0 saturated carbocycles. The Morgan fingerprint density at radius 2 is 1.00 bits per heavy atom. The molecule has 0 aromatic rings. The molecule has 0 fully saturated rings. The van der Waals surface area contributed by atoms with Crippen LogP contribution >= 0.6 is 7.82 Å². The Balaban J connectivity index is 4.54. The third kappa shape index (κ3) is 39.7. The number of hydrogen-bond donors (Lipinski definition) is 4. The maximum atomic E-state index is 12.6. The zero-order chi connectivity index (χ0) is 42.8. The van der Waals surface area contributed by atoms with Crippen LogP contribution in [0, 0.1) is 0 Å². The van der Waals surface area contributed by atoms with Gasteiger partial charge in [0.1, 0.15) is 12.7 Å². The summed E-state index contributed by atoms with van der Waals surface area (Å²) in [6, 6.07) is 0. The van der Waals surface area contributed by atoms with Gasteiger partial charge in [-0.25, -0.2) is 4.57 Å². The predicted molar refractivity (Wildman–Crippen MR) is 234 cm³/mol. The molecule has 11 nitrogen and oxygen atoms in total. The molecule has 4 atom stereocenters. The molecular formula is C46H75O11P. The van der Waals surface area contributed by atoms with E-state index in [1.54, 1.807) is 0 Å². The topological polar surface area (TPSA) is 169 Å². The van der Waals surface area contributed by atoms with Gasteiger partial charge in [-0.1, -0.05) is 130 Å². The van der Waals surface area contributed by atoms with Crippen molar-refractivity contribution < 1.29 is 52.9 Å². The first-order valence-corrected chi connectivity index (χ1v) is 22.8. The first-order chi connectivity index (χ1) is 28.1. The Labute approximate surface area is 349 Å². The average molecular weight is 835 g/mol. The number of esters is 2. The molecule has 58 heavy (non-hydrogen) atoms. The van der Waals surface area contributed by atoms with Crippen molar-refractivity contribution in [1.29, 1.82) is 0 Å². The van der Waals surface area contributed by atoms with E-state index in [0.29, 0.717) is 32.1 Å². The highest BCUT2D eigenvalue weighted by atomic mass is 31.2. The van der Waals surface area contributed by atoms with Crippen molar-refractivity contribution in [3.63, 3.8) is 0 Å². The summed E-state index contributed by atoms with van der Waals surface area (Å²) in [6.07, 6.45) is 45.9. The lowest BCUT2D eigenvalue weighted by atomic mass is 10.1. The molecule has 330 valence electrons. The van der Waals surface area contributed by atoms with E-state index in [9.17, 15) is 29.3 Å². The number of carbonyl (C=O) groups is 2. The number of carbonyl (C=O) groups excluding carboxylic acids is 2. The fourth-order valence-corrected chi connectivity index (χ4v) is 5.78. The zero-order valence-corrected chi connectivity index (χ0v) is 36.2. The molecule has 12 heteroatoms. The molecule has 0 spiro atoms. The summed E-state index contributed by atoms with van der Waals surface area (Å²) in [4.78, 5) is 34.9. The molecule has 0 aliphatic rings. The lowest BCUT2D eigenvalue weighted by Crippen LogP contribution is -2.29. The van der Waals surface area contributed by atoms with Crippen LogP contribution in [0.15, 0.2) is 97.2 Å². The minimum atomic E-state index is -4.66. The Morgan fingerprint density at radius 3 is 1.48 bits per heavy atom. The van der Waals surface area contributed by atoms with E-state index in [0.717, 1.165) is 57.8 Å². The molecule has 0 bridgehead atoms. The molecule has 0 aromatic heterocycles. The Morgan fingerprint density at radius 1 is 0.552 bits per heavy atom. The summed E-state index contributed by atoms with van der Waals surface area (Å²) >= 11 is 0. The van der Waals surface area contributed by atoms with E-state index in [1.165, 1.54) is 19.3 Å². The first kappa shape index (κ1) is 54.9. The molecule has 0 heterocycles. The van der Waals surface area contributed by atoms with Gasteiger partial charge in [0.15, 0.2) is 6.10 Å². The number of aliphatic hydroxyl groups is 3. The highest BCUT2D eigenvalue weighted by molar-refractivity contribution is 7.47. The van der Waals surface area contributed by atoms with E-state index < -0.39 is 51.8 Å². The van der Waals surface area contributed by atoms with Crippen molar-refractivity contribution in [3.8, 4) is 0 Å². The van der Waals surface area contributed by atoms with Crippen molar-refractivity contribution in [2.75, 3.05) is 26.4 Å². The van der Waals surface area contributed by atoms with Crippen molar-refractivity contribution in [1.82, 2.24) is 0 Å². The van der Waals surface area contributed by atoms with Gasteiger partial charge in [0.2, 0.25) is 0 Å². The zero-order valence-electron chi connectivity index (χ0n) is 35.3. The van der Waals surface area contributed by atoms with E-state index in [2.05, 4.69) is 85.2 Å². The normalized spacial score (nSPS) is 15.3. The minimum absolute atomic E-state index is 0.0833. The van der Waals surface area contributed by atoms with Gasteiger partial charge < -0.3 is 29.7 Å². The van der Waals surface area contributed by atoms with Crippen LogP contribution in [0.3, 0.4) is 0 Å². The summed E-state index contributed by atoms with van der Waals surface area (Å²) in [5, 5.41) is 28.0. The molecule has 0 radical (unpaired) electrons. The van der Waals surface area contributed by atoms with E-state index in [1.807, 2.05) is 30.4 Å². The summed E-state index contributed by atoms with van der Waals surface area (Å²) in [5.41, 5.74) is 0. The highest BCUT2D eigenvalue weighted by Crippen LogP contribution is 2.43. The fraction of sp³-hybridized carbons (Fsp3) is 0.609. The van der Waals surface area contributed by atoms with Crippen LogP contribution in [-0.2, 0) is 32.7 Å². The standard InChI is InChI=1S/C46H75O11P/c1-3-5-6-7-8-9-10-11-12-13-14-17-21-24-27-30-33-37-46(51)57-44(41-56-58(52,53)55-39-43(49)38-47)40-54-45(50)36-32-29-26-23-20-18-15-16-19-22-25-28-31-35-42(48)34-4-2/h8-9,11-12,14-15,17-19,22-24,26-28,31,42-44,47-49H,3-7,10,13,16,20-21,25,29-30,32-41H2,1-2H3,(H,52,53)/b9-8-,12-11-,17-14-,18-15-,22-19-,26-23-,27-24-,31-28-/t42?,43-,44+/m0/s1. The minimum Gasteiger partial charge on any atom is -0.462 e. The second-order valence-electron chi connectivity index (χ2n) is 13.8. The summed E-state index contributed by atoms with van der Waals surface area (Å²) in [7, 11) is -4.66. The maximum Gasteiger partial charge on any atom is 0.472 e. The number of rotatable bonds is 38. The lowest BCUT2D eigenvalue weighted by molar-refractivity contribution is -0.161. The maximum absolute atomic E-state index is 12.6. The molecule has 0 amide bonds. The summed E-state index contributed by atoms with van der Waals surface area (Å²) in [5.74, 6) is -1.09. The Kier molecular flexibility index (Phi) is 38.4. The van der Waals surface area contributed by atoms with Gasteiger partial charge in [-0.3, -0.25) is 18.6 Å². The van der Waals surface area contributed by atoms with Crippen molar-refractivity contribution in [2.24, 2.45) is 0 Å². The second-order valence-corrected chi connectivity index (χ2v) is 15.3. The molecule has 0 aliphatic heterocycles. The Bertz CT molecular complexity index is 1300. The van der Waals surface area contributed by atoms with Crippen LogP contribution in [0.25, 0.3) is 0 Å². The quantitative estimate of drug-likeness (QED) is 0.0202. The van der Waals surface area contributed by atoms with Gasteiger partial charge in [-0.05, 0) is 89.9 Å². The van der Waals surface area contributed by atoms with Gasteiger partial charge in [-0.2, -0.15) is 0 Å². The molecule has 0 aliphatic carbocycles.